The Morgan fingerprint density at radius 3 is 1.74 bits per heavy atom. The van der Waals surface area contributed by atoms with Gasteiger partial charge in [-0.25, -0.2) is 0 Å². The number of hydrogen-bond acceptors (Lipinski definition) is 9. The Morgan fingerprint density at radius 1 is 0.739 bits per heavy atom. The zero-order chi connectivity index (χ0) is 15.5. The van der Waals surface area contributed by atoms with Crippen LogP contribution in [0.1, 0.15) is 0 Å². The number of anilines is 2. The van der Waals surface area contributed by atoms with Crippen molar-refractivity contribution < 1.29 is 9.47 Å². The van der Waals surface area contributed by atoms with E-state index < -0.39 is 0 Å². The highest BCUT2D eigenvalue weighted by atomic mass is 16.5. The molecule has 2 aromatic heterocycles. The third-order valence-electron chi connectivity index (χ3n) is 3.82. The molecule has 0 aromatic carbocycles. The van der Waals surface area contributed by atoms with Gasteiger partial charge >= 0.3 is 0 Å². The van der Waals surface area contributed by atoms with Gasteiger partial charge in [0.25, 0.3) is 5.95 Å². The second kappa shape index (κ2) is 6.42. The summed E-state index contributed by atoms with van der Waals surface area (Å²) in [6.07, 6.45) is 3.33. The number of rotatable bonds is 3. The summed E-state index contributed by atoms with van der Waals surface area (Å²) in [6, 6.07) is 0. The normalized spacial score (nSPS) is 19.1. The van der Waals surface area contributed by atoms with Gasteiger partial charge in [0, 0.05) is 26.2 Å². The van der Waals surface area contributed by atoms with Crippen molar-refractivity contribution in [3.63, 3.8) is 0 Å². The van der Waals surface area contributed by atoms with E-state index in [0.717, 1.165) is 26.2 Å². The molecule has 122 valence electrons. The van der Waals surface area contributed by atoms with Crippen LogP contribution >= 0.6 is 0 Å². The SMILES string of the molecule is c1cn(-c2nc(N3CCOCC3)nc(N3CCOCC3)n2)nn1. The van der Waals surface area contributed by atoms with E-state index in [-0.39, 0.29) is 0 Å². The van der Waals surface area contributed by atoms with Gasteiger partial charge in [-0.15, -0.1) is 5.10 Å². The van der Waals surface area contributed by atoms with Crippen molar-refractivity contribution in [3.8, 4) is 5.95 Å². The van der Waals surface area contributed by atoms with Crippen molar-refractivity contribution in [2.75, 3.05) is 62.4 Å². The molecule has 2 aliphatic heterocycles. The van der Waals surface area contributed by atoms with Gasteiger partial charge in [0.15, 0.2) is 0 Å². The van der Waals surface area contributed by atoms with Crippen molar-refractivity contribution in [3.05, 3.63) is 12.4 Å². The lowest BCUT2D eigenvalue weighted by atomic mass is 10.4. The molecular weight excluding hydrogens is 300 g/mol. The molecule has 2 fully saturated rings. The van der Waals surface area contributed by atoms with Gasteiger partial charge < -0.3 is 19.3 Å². The Kier molecular flexibility index (Phi) is 3.99. The molecule has 0 spiro atoms. The summed E-state index contributed by atoms with van der Waals surface area (Å²) in [5, 5.41) is 7.81. The van der Waals surface area contributed by atoms with E-state index in [4.69, 9.17) is 9.47 Å². The van der Waals surface area contributed by atoms with Crippen molar-refractivity contribution in [2.45, 2.75) is 0 Å². The molecule has 4 rings (SSSR count). The fourth-order valence-corrected chi connectivity index (χ4v) is 2.57. The number of hydrogen-bond donors (Lipinski definition) is 0. The molecule has 23 heavy (non-hydrogen) atoms. The minimum atomic E-state index is 0.473. The van der Waals surface area contributed by atoms with E-state index in [2.05, 4.69) is 35.1 Å². The van der Waals surface area contributed by atoms with Gasteiger partial charge in [-0.05, 0) is 0 Å². The molecule has 0 amide bonds. The van der Waals surface area contributed by atoms with Crippen LogP contribution in [0.3, 0.4) is 0 Å². The topological polar surface area (TPSA) is 94.3 Å². The van der Waals surface area contributed by atoms with Crippen molar-refractivity contribution in [1.29, 1.82) is 0 Å². The summed E-state index contributed by atoms with van der Waals surface area (Å²) in [5.41, 5.74) is 0. The maximum Gasteiger partial charge on any atom is 0.258 e. The van der Waals surface area contributed by atoms with E-state index in [0.29, 0.717) is 44.3 Å². The quantitative estimate of drug-likeness (QED) is 0.715. The number of aromatic nitrogens is 6. The molecule has 0 unspecified atom stereocenters. The molecule has 0 saturated carbocycles. The lowest BCUT2D eigenvalue weighted by Crippen LogP contribution is -2.40. The Balaban J connectivity index is 1.70. The minimum Gasteiger partial charge on any atom is -0.378 e. The lowest BCUT2D eigenvalue weighted by molar-refractivity contribution is 0.121. The summed E-state index contributed by atoms with van der Waals surface area (Å²) < 4.78 is 12.4. The summed E-state index contributed by atoms with van der Waals surface area (Å²) in [4.78, 5) is 18.0. The molecule has 2 aliphatic rings. The van der Waals surface area contributed by atoms with Crippen LogP contribution in [0.5, 0.6) is 0 Å². The molecule has 2 saturated heterocycles. The Morgan fingerprint density at radius 2 is 1.26 bits per heavy atom. The second-order valence-electron chi connectivity index (χ2n) is 5.28. The van der Waals surface area contributed by atoms with Crippen LogP contribution in [0.4, 0.5) is 11.9 Å². The molecule has 10 heteroatoms. The van der Waals surface area contributed by atoms with Gasteiger partial charge in [0.2, 0.25) is 11.9 Å². The van der Waals surface area contributed by atoms with Crippen molar-refractivity contribution >= 4 is 11.9 Å². The predicted octanol–water partition coefficient (Wildman–Crippen LogP) is -0.874. The Labute approximate surface area is 133 Å². The number of morpholine rings is 2. The van der Waals surface area contributed by atoms with Crippen molar-refractivity contribution in [2.24, 2.45) is 0 Å². The first-order valence-corrected chi connectivity index (χ1v) is 7.68. The molecular formula is C13H18N8O2. The first-order chi connectivity index (χ1) is 11.4. The fraction of sp³-hybridized carbons (Fsp3) is 0.615. The second-order valence-corrected chi connectivity index (χ2v) is 5.28. The van der Waals surface area contributed by atoms with Gasteiger partial charge in [-0.1, -0.05) is 5.21 Å². The molecule has 0 N–H and O–H groups in total. The van der Waals surface area contributed by atoms with Gasteiger partial charge in [-0.2, -0.15) is 19.6 Å². The summed E-state index contributed by atoms with van der Waals surface area (Å²) >= 11 is 0. The molecule has 0 atom stereocenters. The van der Waals surface area contributed by atoms with Gasteiger partial charge in [0.05, 0.1) is 38.8 Å². The summed E-state index contributed by atoms with van der Waals surface area (Å²) in [6.45, 7) is 5.78. The average molecular weight is 318 g/mol. The van der Waals surface area contributed by atoms with Gasteiger partial charge in [0.1, 0.15) is 0 Å². The predicted molar refractivity (Wildman–Crippen MR) is 80.8 cm³/mol. The Hall–Kier alpha value is -2.33. The minimum absolute atomic E-state index is 0.473. The summed E-state index contributed by atoms with van der Waals surface area (Å²) in [7, 11) is 0. The first kappa shape index (κ1) is 14.3. The monoisotopic (exact) mass is 318 g/mol. The maximum atomic E-state index is 5.40. The van der Waals surface area contributed by atoms with Crippen LogP contribution < -0.4 is 9.80 Å². The fourth-order valence-electron chi connectivity index (χ4n) is 2.57. The van der Waals surface area contributed by atoms with Crippen LogP contribution in [-0.2, 0) is 9.47 Å². The maximum absolute atomic E-state index is 5.40. The average Bonchev–Trinajstić information content (AvgIpc) is 3.18. The lowest BCUT2D eigenvalue weighted by Gasteiger charge is -2.30. The molecule has 0 aliphatic carbocycles. The zero-order valence-corrected chi connectivity index (χ0v) is 12.7. The number of ether oxygens (including phenoxy) is 2. The van der Waals surface area contributed by atoms with E-state index in [1.165, 1.54) is 0 Å². The van der Waals surface area contributed by atoms with E-state index >= 15 is 0 Å². The molecule has 0 radical (unpaired) electrons. The first-order valence-electron chi connectivity index (χ1n) is 7.68. The van der Waals surface area contributed by atoms with Crippen LogP contribution in [0, 0.1) is 0 Å². The van der Waals surface area contributed by atoms with E-state index in [1.54, 1.807) is 17.1 Å². The third-order valence-corrected chi connectivity index (χ3v) is 3.82. The molecule has 2 aromatic rings. The standard InChI is InChI=1S/C13H18N8O2/c1-2-21(18-14-1)13-16-11(19-3-7-22-8-4-19)15-12(17-13)20-5-9-23-10-6-20/h1-2H,3-10H2. The highest BCUT2D eigenvalue weighted by Crippen LogP contribution is 2.17. The Bertz CT molecular complexity index is 601. The molecule has 4 heterocycles. The van der Waals surface area contributed by atoms with Crippen LogP contribution in [-0.4, -0.2) is 82.6 Å². The van der Waals surface area contributed by atoms with E-state index in [9.17, 15) is 0 Å². The number of nitrogens with zero attached hydrogens (tertiary/aromatic N) is 8. The molecule has 0 bridgehead atoms. The van der Waals surface area contributed by atoms with E-state index in [1.807, 2.05) is 0 Å². The molecule has 10 nitrogen and oxygen atoms in total. The smallest absolute Gasteiger partial charge is 0.258 e. The highest BCUT2D eigenvalue weighted by Gasteiger charge is 2.21. The largest absolute Gasteiger partial charge is 0.378 e. The third kappa shape index (κ3) is 3.08. The van der Waals surface area contributed by atoms with Crippen LogP contribution in [0.25, 0.3) is 5.95 Å². The zero-order valence-electron chi connectivity index (χ0n) is 12.7. The summed E-state index contributed by atoms with van der Waals surface area (Å²) in [5.74, 6) is 1.77. The highest BCUT2D eigenvalue weighted by molar-refractivity contribution is 5.42. The van der Waals surface area contributed by atoms with Gasteiger partial charge in [-0.3, -0.25) is 0 Å². The van der Waals surface area contributed by atoms with Crippen LogP contribution in [0.2, 0.25) is 0 Å². The van der Waals surface area contributed by atoms with Crippen molar-refractivity contribution in [1.82, 2.24) is 29.9 Å². The van der Waals surface area contributed by atoms with Crippen LogP contribution in [0.15, 0.2) is 12.4 Å².